The predicted octanol–water partition coefficient (Wildman–Crippen LogP) is 3.93. The standard InChI is InChI=1S/C18H13NO3/c1-10-17(20)12-7-8-15(21-2)16(18(12)22-10)13-9-19-14-6-4-3-5-11(13)14/h3-9,19H,1H2,2H3. The second-order valence-corrected chi connectivity index (χ2v) is 5.12. The van der Waals surface area contributed by atoms with Crippen molar-refractivity contribution in [3.63, 3.8) is 0 Å². The molecule has 0 bridgehead atoms. The van der Waals surface area contributed by atoms with Gasteiger partial charge in [0.25, 0.3) is 0 Å². The van der Waals surface area contributed by atoms with E-state index in [1.807, 2.05) is 30.5 Å². The molecular weight excluding hydrogens is 278 g/mol. The highest BCUT2D eigenvalue weighted by atomic mass is 16.5. The number of fused-ring (bicyclic) bond motifs is 2. The summed E-state index contributed by atoms with van der Waals surface area (Å²) in [6.07, 6.45) is 1.90. The average Bonchev–Trinajstić information content (AvgIpc) is 3.09. The summed E-state index contributed by atoms with van der Waals surface area (Å²) in [5, 5.41) is 1.04. The van der Waals surface area contributed by atoms with Crippen molar-refractivity contribution in [3.05, 3.63) is 60.5 Å². The van der Waals surface area contributed by atoms with Crippen molar-refractivity contribution >= 4 is 16.7 Å². The SMILES string of the molecule is C=C1Oc2c(ccc(OC)c2-c2c[nH]c3ccccc23)C1=O. The van der Waals surface area contributed by atoms with Gasteiger partial charge < -0.3 is 14.5 Å². The molecule has 1 aromatic heterocycles. The molecule has 0 atom stereocenters. The first-order chi connectivity index (χ1) is 10.7. The maximum atomic E-state index is 12.1. The zero-order valence-electron chi connectivity index (χ0n) is 12.0. The van der Waals surface area contributed by atoms with Gasteiger partial charge in [-0.2, -0.15) is 0 Å². The number of Topliss-reactive ketones (excluding diaryl/α,β-unsaturated/α-hetero) is 1. The number of ether oxygens (including phenoxy) is 2. The highest BCUT2D eigenvalue weighted by Gasteiger charge is 2.31. The topological polar surface area (TPSA) is 51.3 Å². The maximum Gasteiger partial charge on any atom is 0.231 e. The van der Waals surface area contributed by atoms with Crippen molar-refractivity contribution in [2.45, 2.75) is 0 Å². The second-order valence-electron chi connectivity index (χ2n) is 5.12. The molecule has 0 saturated carbocycles. The van der Waals surface area contributed by atoms with Gasteiger partial charge in [-0.05, 0) is 18.2 Å². The lowest BCUT2D eigenvalue weighted by Crippen LogP contribution is -1.94. The lowest BCUT2D eigenvalue weighted by atomic mass is 9.99. The number of carbonyl (C=O) groups excluding carboxylic acids is 1. The monoisotopic (exact) mass is 291 g/mol. The summed E-state index contributed by atoms with van der Waals surface area (Å²) < 4.78 is 11.1. The Bertz CT molecular complexity index is 937. The molecule has 0 aliphatic carbocycles. The van der Waals surface area contributed by atoms with Gasteiger partial charge in [0.05, 0.1) is 18.2 Å². The summed E-state index contributed by atoms with van der Waals surface area (Å²) in [5.41, 5.74) is 3.24. The number of hydrogen-bond donors (Lipinski definition) is 1. The van der Waals surface area contributed by atoms with E-state index in [2.05, 4.69) is 11.6 Å². The number of allylic oxidation sites excluding steroid dienone is 1. The summed E-state index contributed by atoms with van der Waals surface area (Å²) in [5.74, 6) is 1.13. The van der Waals surface area contributed by atoms with Gasteiger partial charge in [-0.3, -0.25) is 4.79 Å². The number of aromatic nitrogens is 1. The van der Waals surface area contributed by atoms with Gasteiger partial charge >= 0.3 is 0 Å². The molecule has 4 nitrogen and oxygen atoms in total. The van der Waals surface area contributed by atoms with Crippen LogP contribution in [-0.4, -0.2) is 17.9 Å². The molecule has 0 saturated heterocycles. The van der Waals surface area contributed by atoms with Crippen molar-refractivity contribution < 1.29 is 14.3 Å². The first-order valence-electron chi connectivity index (χ1n) is 6.89. The van der Waals surface area contributed by atoms with Crippen LogP contribution in [0.1, 0.15) is 10.4 Å². The Morgan fingerprint density at radius 1 is 1.14 bits per heavy atom. The zero-order chi connectivity index (χ0) is 15.3. The van der Waals surface area contributed by atoms with Crippen molar-refractivity contribution in [2.75, 3.05) is 7.11 Å². The number of methoxy groups -OCH3 is 1. The molecule has 1 aliphatic rings. The molecular formula is C18H13NO3. The number of hydrogen-bond acceptors (Lipinski definition) is 3. The fourth-order valence-corrected chi connectivity index (χ4v) is 2.87. The number of nitrogens with one attached hydrogen (secondary N) is 1. The van der Waals surface area contributed by atoms with Gasteiger partial charge in [0.2, 0.25) is 5.78 Å². The van der Waals surface area contributed by atoms with Crippen LogP contribution < -0.4 is 9.47 Å². The molecule has 4 heteroatoms. The third-order valence-corrected chi connectivity index (χ3v) is 3.92. The van der Waals surface area contributed by atoms with Gasteiger partial charge in [0, 0.05) is 22.7 Å². The van der Waals surface area contributed by atoms with Crippen LogP contribution in [-0.2, 0) is 0 Å². The Morgan fingerprint density at radius 2 is 1.95 bits per heavy atom. The van der Waals surface area contributed by atoms with Crippen LogP contribution in [0.3, 0.4) is 0 Å². The lowest BCUT2D eigenvalue weighted by molar-refractivity contribution is 0.101. The normalized spacial score (nSPS) is 13.3. The van der Waals surface area contributed by atoms with E-state index in [-0.39, 0.29) is 11.5 Å². The molecule has 22 heavy (non-hydrogen) atoms. The Balaban J connectivity index is 2.07. The molecule has 0 radical (unpaired) electrons. The molecule has 108 valence electrons. The van der Waals surface area contributed by atoms with Crippen LogP contribution in [0, 0.1) is 0 Å². The highest BCUT2D eigenvalue weighted by molar-refractivity contribution is 6.14. The Hall–Kier alpha value is -3.01. The van der Waals surface area contributed by atoms with Crippen molar-refractivity contribution in [1.82, 2.24) is 4.98 Å². The van der Waals surface area contributed by atoms with Crippen molar-refractivity contribution in [3.8, 4) is 22.6 Å². The van der Waals surface area contributed by atoms with E-state index in [4.69, 9.17) is 9.47 Å². The van der Waals surface area contributed by atoms with E-state index < -0.39 is 0 Å². The van der Waals surface area contributed by atoms with Crippen LogP contribution >= 0.6 is 0 Å². The minimum absolute atomic E-state index is 0.143. The molecule has 0 fully saturated rings. The number of para-hydroxylation sites is 1. The fourth-order valence-electron chi connectivity index (χ4n) is 2.87. The first-order valence-corrected chi connectivity index (χ1v) is 6.89. The van der Waals surface area contributed by atoms with Crippen molar-refractivity contribution in [2.24, 2.45) is 0 Å². The summed E-state index contributed by atoms with van der Waals surface area (Å²) in [6, 6.07) is 11.5. The molecule has 0 spiro atoms. The molecule has 1 aliphatic heterocycles. The molecule has 2 heterocycles. The van der Waals surface area contributed by atoms with Gasteiger partial charge in [-0.1, -0.05) is 24.8 Å². The van der Waals surface area contributed by atoms with E-state index in [1.54, 1.807) is 19.2 Å². The number of rotatable bonds is 2. The maximum absolute atomic E-state index is 12.1. The minimum Gasteiger partial charge on any atom is -0.496 e. The summed E-state index contributed by atoms with van der Waals surface area (Å²) in [4.78, 5) is 15.3. The Labute approximate surface area is 127 Å². The number of aromatic amines is 1. The Kier molecular flexibility index (Phi) is 2.60. The van der Waals surface area contributed by atoms with Crippen LogP contribution in [0.25, 0.3) is 22.0 Å². The molecule has 2 aromatic carbocycles. The van der Waals surface area contributed by atoms with E-state index in [0.717, 1.165) is 22.0 Å². The number of ketones is 1. The summed E-state index contributed by atoms with van der Waals surface area (Å²) in [6.45, 7) is 3.67. The van der Waals surface area contributed by atoms with E-state index in [0.29, 0.717) is 17.1 Å². The largest absolute Gasteiger partial charge is 0.496 e. The molecule has 0 amide bonds. The van der Waals surface area contributed by atoms with E-state index in [1.165, 1.54) is 0 Å². The van der Waals surface area contributed by atoms with Crippen molar-refractivity contribution in [1.29, 1.82) is 0 Å². The second kappa shape index (κ2) is 4.49. The lowest BCUT2D eigenvalue weighted by Gasteiger charge is -2.11. The Morgan fingerprint density at radius 3 is 2.77 bits per heavy atom. The van der Waals surface area contributed by atoms with Gasteiger partial charge in [0.15, 0.2) is 11.5 Å². The number of benzene rings is 2. The van der Waals surface area contributed by atoms with Crippen LogP contribution in [0.2, 0.25) is 0 Å². The van der Waals surface area contributed by atoms with Gasteiger partial charge in [0.1, 0.15) is 5.75 Å². The van der Waals surface area contributed by atoms with E-state index in [9.17, 15) is 4.79 Å². The highest BCUT2D eigenvalue weighted by Crippen LogP contribution is 2.47. The molecule has 3 aromatic rings. The van der Waals surface area contributed by atoms with Gasteiger partial charge in [-0.15, -0.1) is 0 Å². The van der Waals surface area contributed by atoms with E-state index >= 15 is 0 Å². The zero-order valence-corrected chi connectivity index (χ0v) is 12.0. The van der Waals surface area contributed by atoms with Crippen LogP contribution in [0.15, 0.2) is 54.9 Å². The first kappa shape index (κ1) is 12.7. The number of carbonyl (C=O) groups is 1. The average molecular weight is 291 g/mol. The molecule has 4 rings (SSSR count). The predicted molar refractivity (Wildman–Crippen MR) is 84.4 cm³/mol. The molecule has 1 N–H and O–H groups in total. The van der Waals surface area contributed by atoms with Crippen LogP contribution in [0.5, 0.6) is 11.5 Å². The summed E-state index contributed by atoms with van der Waals surface area (Å²) in [7, 11) is 1.60. The summed E-state index contributed by atoms with van der Waals surface area (Å²) >= 11 is 0. The third-order valence-electron chi connectivity index (χ3n) is 3.92. The smallest absolute Gasteiger partial charge is 0.231 e. The third kappa shape index (κ3) is 1.61. The van der Waals surface area contributed by atoms with Gasteiger partial charge in [-0.25, -0.2) is 0 Å². The fraction of sp³-hybridized carbons (Fsp3) is 0.0556. The minimum atomic E-state index is -0.182. The number of H-pyrrole nitrogens is 1. The van der Waals surface area contributed by atoms with Crippen LogP contribution in [0.4, 0.5) is 0 Å². The quantitative estimate of drug-likeness (QED) is 0.728. The molecule has 0 unspecified atom stereocenters.